The van der Waals surface area contributed by atoms with Gasteiger partial charge < -0.3 is 10.4 Å². The molecule has 0 spiro atoms. The van der Waals surface area contributed by atoms with Gasteiger partial charge in [0.05, 0.1) is 17.5 Å². The summed E-state index contributed by atoms with van der Waals surface area (Å²) in [5.74, 6) is 0.349. The summed E-state index contributed by atoms with van der Waals surface area (Å²) >= 11 is 0. The number of aliphatic hydroxyl groups is 1. The third-order valence-electron chi connectivity index (χ3n) is 3.86. The molecule has 2 aromatic rings. The lowest BCUT2D eigenvalue weighted by Crippen LogP contribution is -2.41. The molecule has 4 nitrogen and oxygen atoms in total. The number of rotatable bonds is 5. The number of anilines is 2. The molecule has 0 heterocycles. The first-order chi connectivity index (χ1) is 10.8. The number of carbonyl (C=O) groups is 1. The number of benzene rings is 2. The second kappa shape index (κ2) is 6.62. The fourth-order valence-electron chi connectivity index (χ4n) is 2.46. The highest BCUT2D eigenvalue weighted by molar-refractivity contribution is 5.99. The minimum Gasteiger partial charge on any atom is -0.391 e. The maximum atomic E-state index is 12.6. The molecule has 114 valence electrons. The smallest absolute Gasteiger partial charge is 0.326 e. The van der Waals surface area contributed by atoms with Crippen molar-refractivity contribution in [3.05, 3.63) is 60.7 Å². The minimum atomic E-state index is -0.447. The molecule has 0 radical (unpaired) electrons. The first kappa shape index (κ1) is 14.6. The Balaban J connectivity index is 1.77. The number of amides is 2. The highest BCUT2D eigenvalue weighted by Crippen LogP contribution is 2.32. The number of hydrogen-bond donors (Lipinski definition) is 2. The molecule has 3 rings (SSSR count). The van der Waals surface area contributed by atoms with Crippen LogP contribution in [0.2, 0.25) is 0 Å². The predicted octanol–water partition coefficient (Wildman–Crippen LogP) is 3.31. The molecule has 0 unspecified atom stereocenters. The molecule has 0 aromatic heterocycles. The second-order valence-corrected chi connectivity index (χ2v) is 5.60. The summed E-state index contributed by atoms with van der Waals surface area (Å²) in [7, 11) is 0. The van der Waals surface area contributed by atoms with E-state index in [1.807, 2.05) is 60.7 Å². The Bertz CT molecular complexity index is 572. The molecular weight excluding hydrogens is 276 g/mol. The van der Waals surface area contributed by atoms with Crippen LogP contribution in [0.3, 0.4) is 0 Å². The number of carbonyl (C=O) groups excluding carboxylic acids is 1. The van der Waals surface area contributed by atoms with Gasteiger partial charge in [0.15, 0.2) is 0 Å². The van der Waals surface area contributed by atoms with Gasteiger partial charge in [0.1, 0.15) is 0 Å². The van der Waals surface area contributed by atoms with Crippen LogP contribution in [0.5, 0.6) is 0 Å². The van der Waals surface area contributed by atoms with Gasteiger partial charge in [-0.15, -0.1) is 0 Å². The van der Waals surface area contributed by atoms with Crippen molar-refractivity contribution in [2.24, 2.45) is 5.92 Å². The number of nitrogens with zero attached hydrogens (tertiary/aromatic N) is 1. The molecule has 0 bridgehead atoms. The molecular formula is C18H20N2O2. The standard InChI is InChI=1S/C18H20N2O2/c21-17(14-11-12-14)13-19-18(22)20(15-7-3-1-4-8-15)16-9-5-2-6-10-16/h1-10,14,17,21H,11-13H2,(H,19,22)/t17-/m0/s1. The molecule has 2 amide bonds. The molecule has 2 aromatic carbocycles. The van der Waals surface area contributed by atoms with Crippen molar-refractivity contribution in [3.63, 3.8) is 0 Å². The van der Waals surface area contributed by atoms with Gasteiger partial charge in [0.2, 0.25) is 0 Å². The van der Waals surface area contributed by atoms with Gasteiger partial charge in [-0.05, 0) is 43.0 Å². The molecule has 0 saturated heterocycles. The molecule has 22 heavy (non-hydrogen) atoms. The van der Waals surface area contributed by atoms with Crippen molar-refractivity contribution in [1.29, 1.82) is 0 Å². The van der Waals surface area contributed by atoms with Crippen molar-refractivity contribution < 1.29 is 9.90 Å². The summed E-state index contributed by atoms with van der Waals surface area (Å²) in [6, 6.07) is 18.8. The zero-order valence-electron chi connectivity index (χ0n) is 12.4. The summed E-state index contributed by atoms with van der Waals surface area (Å²) in [5.41, 5.74) is 1.60. The average Bonchev–Trinajstić information content (AvgIpc) is 3.40. The Morgan fingerprint density at radius 2 is 1.55 bits per heavy atom. The summed E-state index contributed by atoms with van der Waals surface area (Å²) in [6.07, 6.45) is 1.66. The first-order valence-electron chi connectivity index (χ1n) is 7.62. The van der Waals surface area contributed by atoms with Crippen LogP contribution in [-0.4, -0.2) is 23.8 Å². The van der Waals surface area contributed by atoms with E-state index in [2.05, 4.69) is 5.32 Å². The number of para-hydroxylation sites is 2. The van der Waals surface area contributed by atoms with Crippen LogP contribution < -0.4 is 10.2 Å². The predicted molar refractivity (Wildman–Crippen MR) is 87.2 cm³/mol. The molecule has 0 aliphatic heterocycles. The number of aliphatic hydroxyl groups excluding tert-OH is 1. The van der Waals surface area contributed by atoms with E-state index < -0.39 is 6.10 Å². The van der Waals surface area contributed by atoms with Crippen LogP contribution in [0.25, 0.3) is 0 Å². The summed E-state index contributed by atoms with van der Waals surface area (Å²) < 4.78 is 0. The minimum absolute atomic E-state index is 0.225. The maximum absolute atomic E-state index is 12.6. The fourth-order valence-corrected chi connectivity index (χ4v) is 2.46. The molecule has 1 atom stereocenters. The first-order valence-corrected chi connectivity index (χ1v) is 7.62. The van der Waals surface area contributed by atoms with Crippen molar-refractivity contribution in [1.82, 2.24) is 5.32 Å². The Morgan fingerprint density at radius 3 is 2.00 bits per heavy atom. The summed E-state index contributed by atoms with van der Waals surface area (Å²) in [5, 5.41) is 12.8. The number of nitrogens with one attached hydrogen (secondary N) is 1. The lowest BCUT2D eigenvalue weighted by Gasteiger charge is -2.24. The van der Waals surface area contributed by atoms with E-state index in [1.165, 1.54) is 0 Å². The quantitative estimate of drug-likeness (QED) is 0.889. The van der Waals surface area contributed by atoms with Crippen LogP contribution >= 0.6 is 0 Å². The lowest BCUT2D eigenvalue weighted by atomic mass is 10.2. The Labute approximate surface area is 130 Å². The number of hydrogen-bond acceptors (Lipinski definition) is 2. The van der Waals surface area contributed by atoms with E-state index in [0.29, 0.717) is 12.5 Å². The topological polar surface area (TPSA) is 52.6 Å². The molecule has 4 heteroatoms. The van der Waals surface area contributed by atoms with Gasteiger partial charge in [0, 0.05) is 6.54 Å². The van der Waals surface area contributed by atoms with Gasteiger partial charge in [-0.25, -0.2) is 4.79 Å². The average molecular weight is 296 g/mol. The molecule has 1 fully saturated rings. The van der Waals surface area contributed by atoms with Crippen LogP contribution in [0, 0.1) is 5.92 Å². The van der Waals surface area contributed by atoms with E-state index in [1.54, 1.807) is 4.90 Å². The number of urea groups is 1. The summed E-state index contributed by atoms with van der Waals surface area (Å²) in [4.78, 5) is 14.2. The SMILES string of the molecule is O=C(NC[C@H](O)C1CC1)N(c1ccccc1)c1ccccc1. The highest BCUT2D eigenvalue weighted by Gasteiger charge is 2.30. The highest BCUT2D eigenvalue weighted by atomic mass is 16.3. The van der Waals surface area contributed by atoms with Crippen LogP contribution in [0.4, 0.5) is 16.2 Å². The second-order valence-electron chi connectivity index (χ2n) is 5.60. The van der Waals surface area contributed by atoms with Crippen molar-refractivity contribution in [2.45, 2.75) is 18.9 Å². The third kappa shape index (κ3) is 3.46. The third-order valence-corrected chi connectivity index (χ3v) is 3.86. The monoisotopic (exact) mass is 296 g/mol. The Kier molecular flexibility index (Phi) is 4.39. The van der Waals surface area contributed by atoms with Crippen molar-refractivity contribution >= 4 is 17.4 Å². The van der Waals surface area contributed by atoms with Gasteiger partial charge in [0.25, 0.3) is 0 Å². The zero-order chi connectivity index (χ0) is 15.4. The normalized spacial score (nSPS) is 15.1. The molecule has 1 aliphatic carbocycles. The lowest BCUT2D eigenvalue weighted by molar-refractivity contribution is 0.150. The van der Waals surface area contributed by atoms with Crippen LogP contribution in [0.1, 0.15) is 12.8 Å². The van der Waals surface area contributed by atoms with Crippen molar-refractivity contribution in [3.8, 4) is 0 Å². The van der Waals surface area contributed by atoms with E-state index in [4.69, 9.17) is 0 Å². The van der Waals surface area contributed by atoms with E-state index in [-0.39, 0.29) is 6.03 Å². The fraction of sp³-hybridized carbons (Fsp3) is 0.278. The van der Waals surface area contributed by atoms with Gasteiger partial charge in [-0.2, -0.15) is 0 Å². The Morgan fingerprint density at radius 1 is 1.05 bits per heavy atom. The van der Waals surface area contributed by atoms with Gasteiger partial charge in [-0.1, -0.05) is 36.4 Å². The van der Waals surface area contributed by atoms with Gasteiger partial charge in [-0.3, -0.25) is 4.90 Å². The molecule has 1 saturated carbocycles. The maximum Gasteiger partial charge on any atom is 0.326 e. The van der Waals surface area contributed by atoms with E-state index >= 15 is 0 Å². The van der Waals surface area contributed by atoms with Gasteiger partial charge >= 0.3 is 6.03 Å². The van der Waals surface area contributed by atoms with Crippen LogP contribution in [0.15, 0.2) is 60.7 Å². The molecule has 1 aliphatic rings. The summed E-state index contributed by atoms with van der Waals surface area (Å²) in [6.45, 7) is 0.291. The van der Waals surface area contributed by atoms with E-state index in [9.17, 15) is 9.90 Å². The zero-order valence-corrected chi connectivity index (χ0v) is 12.4. The van der Waals surface area contributed by atoms with E-state index in [0.717, 1.165) is 24.2 Å². The Hall–Kier alpha value is -2.33. The largest absolute Gasteiger partial charge is 0.391 e. The van der Waals surface area contributed by atoms with Crippen molar-refractivity contribution in [2.75, 3.05) is 11.4 Å². The molecule has 2 N–H and O–H groups in total. The van der Waals surface area contributed by atoms with Crippen LogP contribution in [-0.2, 0) is 0 Å².